The van der Waals surface area contributed by atoms with Gasteiger partial charge in [-0.1, -0.05) is 6.92 Å². The lowest BCUT2D eigenvalue weighted by Gasteiger charge is -2.29. The number of nitro benzene ring substituents is 1. The van der Waals surface area contributed by atoms with E-state index in [0.717, 1.165) is 0 Å². The fourth-order valence-electron chi connectivity index (χ4n) is 2.38. The topological polar surface area (TPSA) is 131 Å². The Kier molecular flexibility index (Phi) is 9.34. The molecule has 0 aliphatic carbocycles. The highest BCUT2D eigenvalue weighted by Gasteiger charge is 2.26. The van der Waals surface area contributed by atoms with Gasteiger partial charge in [0.25, 0.3) is 11.6 Å². The second-order valence-electron chi connectivity index (χ2n) is 5.97. The fourth-order valence-corrected chi connectivity index (χ4v) is 2.38. The van der Waals surface area contributed by atoms with Crippen LogP contribution in [0.4, 0.5) is 5.69 Å². The number of rotatable bonds is 11. The normalized spacial score (nSPS) is 12.9. The van der Waals surface area contributed by atoms with Crippen LogP contribution in [0, 0.1) is 16.0 Å². The summed E-state index contributed by atoms with van der Waals surface area (Å²) in [5.41, 5.74) is 1.75. The number of nitrogens with zero attached hydrogens (tertiary/aromatic N) is 2. The van der Waals surface area contributed by atoms with Gasteiger partial charge in [-0.15, -0.1) is 0 Å². The molecule has 27 heavy (non-hydrogen) atoms. The molecule has 0 heterocycles. The third-order valence-corrected chi connectivity index (χ3v) is 4.06. The van der Waals surface area contributed by atoms with E-state index in [1.807, 2.05) is 6.92 Å². The highest BCUT2D eigenvalue weighted by Crippen LogP contribution is 2.17. The Morgan fingerprint density at radius 2 is 1.93 bits per heavy atom. The van der Waals surface area contributed by atoms with Gasteiger partial charge in [-0.2, -0.15) is 0 Å². The summed E-state index contributed by atoms with van der Waals surface area (Å²) >= 11 is 0. The first-order valence-corrected chi connectivity index (χ1v) is 8.42. The number of ether oxygens (including phenoxy) is 2. The van der Waals surface area contributed by atoms with Gasteiger partial charge in [0.05, 0.1) is 17.6 Å². The predicted molar refractivity (Wildman–Crippen MR) is 95.1 cm³/mol. The van der Waals surface area contributed by atoms with Crippen LogP contribution in [-0.4, -0.2) is 59.9 Å². The van der Waals surface area contributed by atoms with Crippen molar-refractivity contribution in [1.29, 1.82) is 0 Å². The molecule has 1 aromatic rings. The minimum absolute atomic E-state index is 0.0487. The first kappa shape index (κ1) is 22.5. The SMILES string of the molecule is CCOCOC[C@H](C[C@H](C)C(=O)NO)N(C)C(=O)c1ccc([N+](=O)[O-])cc1. The molecule has 2 atom stereocenters. The van der Waals surface area contributed by atoms with Crippen LogP contribution in [0.1, 0.15) is 30.6 Å². The molecule has 0 radical (unpaired) electrons. The zero-order chi connectivity index (χ0) is 20.4. The van der Waals surface area contributed by atoms with Crippen molar-refractivity contribution in [3.63, 3.8) is 0 Å². The van der Waals surface area contributed by atoms with Gasteiger partial charge in [0, 0.05) is 37.3 Å². The molecule has 1 rings (SSSR count). The van der Waals surface area contributed by atoms with E-state index >= 15 is 0 Å². The summed E-state index contributed by atoms with van der Waals surface area (Å²) < 4.78 is 10.5. The van der Waals surface area contributed by atoms with Crippen molar-refractivity contribution in [3.05, 3.63) is 39.9 Å². The molecule has 2 N–H and O–H groups in total. The molecular formula is C17H25N3O7. The Hall–Kier alpha value is -2.56. The lowest BCUT2D eigenvalue weighted by molar-refractivity contribution is -0.384. The number of carbonyl (C=O) groups is 2. The van der Waals surface area contributed by atoms with Crippen LogP contribution >= 0.6 is 0 Å². The van der Waals surface area contributed by atoms with E-state index < -0.39 is 22.8 Å². The smallest absolute Gasteiger partial charge is 0.269 e. The van der Waals surface area contributed by atoms with Crippen LogP contribution in [0.5, 0.6) is 0 Å². The maximum absolute atomic E-state index is 12.7. The van der Waals surface area contributed by atoms with Crippen LogP contribution in [0.2, 0.25) is 0 Å². The summed E-state index contributed by atoms with van der Waals surface area (Å²) in [6.07, 6.45) is 0.244. The molecule has 0 saturated carbocycles. The number of carbonyl (C=O) groups excluding carboxylic acids is 2. The van der Waals surface area contributed by atoms with E-state index in [2.05, 4.69) is 0 Å². The summed E-state index contributed by atoms with van der Waals surface area (Å²) in [6, 6.07) is 4.78. The molecule has 0 unspecified atom stereocenters. The zero-order valence-electron chi connectivity index (χ0n) is 15.6. The van der Waals surface area contributed by atoms with Crippen molar-refractivity contribution < 1.29 is 29.2 Å². The van der Waals surface area contributed by atoms with Gasteiger partial charge < -0.3 is 14.4 Å². The predicted octanol–water partition coefficient (Wildman–Crippen LogP) is 1.58. The monoisotopic (exact) mass is 383 g/mol. The number of hydrogen-bond donors (Lipinski definition) is 2. The van der Waals surface area contributed by atoms with Crippen molar-refractivity contribution >= 4 is 17.5 Å². The Labute approximate surface area is 157 Å². The second-order valence-corrected chi connectivity index (χ2v) is 5.97. The van der Waals surface area contributed by atoms with Gasteiger partial charge in [-0.3, -0.25) is 24.9 Å². The molecular weight excluding hydrogens is 358 g/mol. The van der Waals surface area contributed by atoms with Crippen LogP contribution < -0.4 is 5.48 Å². The number of likely N-dealkylation sites (N-methyl/N-ethyl adjacent to an activating group) is 1. The van der Waals surface area contributed by atoms with E-state index in [4.69, 9.17) is 14.7 Å². The number of nitro groups is 1. The number of amides is 2. The van der Waals surface area contributed by atoms with Crippen LogP contribution in [0.15, 0.2) is 24.3 Å². The number of non-ortho nitro benzene ring substituents is 1. The van der Waals surface area contributed by atoms with Crippen molar-refractivity contribution in [3.8, 4) is 0 Å². The number of benzene rings is 1. The molecule has 0 aromatic heterocycles. The molecule has 150 valence electrons. The summed E-state index contributed by atoms with van der Waals surface area (Å²) in [6.45, 7) is 4.08. The van der Waals surface area contributed by atoms with Crippen molar-refractivity contribution in [2.45, 2.75) is 26.3 Å². The van der Waals surface area contributed by atoms with Crippen molar-refractivity contribution in [2.24, 2.45) is 5.92 Å². The quantitative estimate of drug-likeness (QED) is 0.195. The van der Waals surface area contributed by atoms with E-state index in [1.165, 1.54) is 29.2 Å². The largest absolute Gasteiger partial charge is 0.356 e. The highest BCUT2D eigenvalue weighted by atomic mass is 16.7. The van der Waals surface area contributed by atoms with Gasteiger partial charge >= 0.3 is 0 Å². The van der Waals surface area contributed by atoms with E-state index in [1.54, 1.807) is 19.5 Å². The van der Waals surface area contributed by atoms with Crippen LogP contribution in [-0.2, 0) is 14.3 Å². The minimum Gasteiger partial charge on any atom is -0.356 e. The Balaban J connectivity index is 2.88. The summed E-state index contributed by atoms with van der Waals surface area (Å²) in [5.74, 6) is -1.50. The van der Waals surface area contributed by atoms with Crippen molar-refractivity contribution in [2.75, 3.05) is 27.1 Å². The molecule has 0 bridgehead atoms. The van der Waals surface area contributed by atoms with E-state index in [9.17, 15) is 19.7 Å². The van der Waals surface area contributed by atoms with Crippen LogP contribution in [0.25, 0.3) is 0 Å². The number of nitrogens with one attached hydrogen (secondary N) is 1. The summed E-state index contributed by atoms with van der Waals surface area (Å²) in [4.78, 5) is 35.9. The average Bonchev–Trinajstić information content (AvgIpc) is 2.68. The molecule has 2 amide bonds. The third-order valence-electron chi connectivity index (χ3n) is 4.06. The molecule has 0 saturated heterocycles. The Bertz CT molecular complexity index is 636. The molecule has 0 aliphatic rings. The molecule has 10 heteroatoms. The first-order chi connectivity index (χ1) is 12.8. The van der Waals surface area contributed by atoms with Gasteiger partial charge in [-0.25, -0.2) is 5.48 Å². The number of hydroxylamine groups is 1. The standard InChI is InChI=1S/C17H25N3O7/c1-4-26-11-27-10-15(9-12(2)16(21)18-23)19(3)17(22)13-5-7-14(8-6-13)20(24)25/h5-8,12,15,23H,4,9-11H2,1-3H3,(H,18,21)/t12-,15-/m0/s1. The fraction of sp³-hybridized carbons (Fsp3) is 0.529. The summed E-state index contributed by atoms with van der Waals surface area (Å²) in [7, 11) is 1.56. The lowest BCUT2D eigenvalue weighted by atomic mass is 10.00. The minimum atomic E-state index is -0.569. The van der Waals surface area contributed by atoms with Gasteiger partial charge in [0.2, 0.25) is 5.91 Å². The molecule has 1 aromatic carbocycles. The Morgan fingerprint density at radius 1 is 1.30 bits per heavy atom. The highest BCUT2D eigenvalue weighted by molar-refractivity contribution is 5.94. The first-order valence-electron chi connectivity index (χ1n) is 8.42. The van der Waals surface area contributed by atoms with E-state index in [-0.39, 0.29) is 37.0 Å². The maximum atomic E-state index is 12.7. The number of hydrogen-bond acceptors (Lipinski definition) is 7. The van der Waals surface area contributed by atoms with Gasteiger partial charge in [0.1, 0.15) is 6.79 Å². The molecule has 0 fully saturated rings. The van der Waals surface area contributed by atoms with Gasteiger partial charge in [0.15, 0.2) is 0 Å². The molecule has 10 nitrogen and oxygen atoms in total. The van der Waals surface area contributed by atoms with Crippen molar-refractivity contribution in [1.82, 2.24) is 10.4 Å². The Morgan fingerprint density at radius 3 is 2.44 bits per heavy atom. The summed E-state index contributed by atoms with van der Waals surface area (Å²) in [5, 5.41) is 19.5. The van der Waals surface area contributed by atoms with Gasteiger partial charge in [-0.05, 0) is 25.5 Å². The third kappa shape index (κ3) is 6.93. The van der Waals surface area contributed by atoms with Crippen LogP contribution in [0.3, 0.4) is 0 Å². The molecule has 0 spiro atoms. The maximum Gasteiger partial charge on any atom is 0.269 e. The van der Waals surface area contributed by atoms with E-state index in [0.29, 0.717) is 6.61 Å². The zero-order valence-corrected chi connectivity index (χ0v) is 15.6. The lowest BCUT2D eigenvalue weighted by Crippen LogP contribution is -2.43. The molecule has 0 aliphatic heterocycles. The second kappa shape index (κ2) is 11.2. The average molecular weight is 383 g/mol.